The predicted octanol–water partition coefficient (Wildman–Crippen LogP) is 2.83. The highest BCUT2D eigenvalue weighted by molar-refractivity contribution is 14.0. The fourth-order valence-corrected chi connectivity index (χ4v) is 4.32. The highest BCUT2D eigenvalue weighted by atomic mass is 127. The van der Waals surface area contributed by atoms with E-state index in [1.54, 1.807) is 0 Å². The van der Waals surface area contributed by atoms with Crippen LogP contribution in [0.5, 0.6) is 0 Å². The Kier molecular flexibility index (Phi) is 10.9. The summed E-state index contributed by atoms with van der Waals surface area (Å²) in [6.07, 6.45) is 6.26. The van der Waals surface area contributed by atoms with Gasteiger partial charge in [-0.25, -0.2) is 4.99 Å². The highest BCUT2D eigenvalue weighted by Crippen LogP contribution is 2.33. The zero-order valence-corrected chi connectivity index (χ0v) is 20.3. The Hall–Kier alpha value is -1.39. The van der Waals surface area contributed by atoms with Crippen LogP contribution in [0, 0.1) is 0 Å². The first-order valence-electron chi connectivity index (χ1n) is 10.9. The first kappa shape index (κ1) is 24.9. The number of rotatable bonds is 7. The summed E-state index contributed by atoms with van der Waals surface area (Å²) in [5, 5.41) is 9.68. The second-order valence-corrected chi connectivity index (χ2v) is 7.85. The summed E-state index contributed by atoms with van der Waals surface area (Å²) in [5.74, 6) is 0.586. The van der Waals surface area contributed by atoms with E-state index < -0.39 is 0 Å². The Balaban J connectivity index is 0.00000320. The number of guanidine groups is 1. The summed E-state index contributed by atoms with van der Waals surface area (Å²) in [5.41, 5.74) is 0.948. The number of ether oxygens (including phenoxy) is 1. The molecule has 8 heteroatoms. The molecule has 0 unspecified atom stereocenters. The number of morpholine rings is 1. The summed E-state index contributed by atoms with van der Waals surface area (Å²) in [6, 6.07) is 9.48. The van der Waals surface area contributed by atoms with Gasteiger partial charge in [0.05, 0.1) is 13.2 Å². The summed E-state index contributed by atoms with van der Waals surface area (Å²) in [4.78, 5) is 19.4. The number of aliphatic imine (C=N–C) groups is 1. The van der Waals surface area contributed by atoms with Crippen LogP contribution in [0.3, 0.4) is 0 Å². The maximum absolute atomic E-state index is 12.2. The first-order chi connectivity index (χ1) is 14.2. The minimum absolute atomic E-state index is 0. The van der Waals surface area contributed by atoms with Crippen LogP contribution in [-0.4, -0.2) is 68.2 Å². The van der Waals surface area contributed by atoms with Crippen molar-refractivity contribution in [3.63, 3.8) is 0 Å². The summed E-state index contributed by atoms with van der Waals surface area (Å²) < 4.78 is 5.57. The number of anilines is 1. The van der Waals surface area contributed by atoms with Gasteiger partial charge in [0.1, 0.15) is 6.54 Å². The molecule has 7 nitrogen and oxygen atoms in total. The number of nitrogens with one attached hydrogen (secondary N) is 3. The number of benzene rings is 1. The maximum atomic E-state index is 12.2. The van der Waals surface area contributed by atoms with Crippen LogP contribution in [0.4, 0.5) is 5.69 Å². The van der Waals surface area contributed by atoms with E-state index in [-0.39, 0.29) is 42.0 Å². The average Bonchev–Trinajstić information content (AvgIpc) is 2.77. The van der Waals surface area contributed by atoms with Crippen molar-refractivity contribution in [1.82, 2.24) is 15.5 Å². The van der Waals surface area contributed by atoms with Crippen molar-refractivity contribution in [2.45, 2.75) is 44.6 Å². The van der Waals surface area contributed by atoms with Crippen LogP contribution in [0.1, 0.15) is 39.0 Å². The van der Waals surface area contributed by atoms with Crippen molar-refractivity contribution in [3.05, 3.63) is 30.3 Å². The highest BCUT2D eigenvalue weighted by Gasteiger charge is 2.38. The first-order valence-corrected chi connectivity index (χ1v) is 10.9. The fraction of sp³-hybridized carbons (Fsp3) is 0.636. The lowest BCUT2D eigenvalue weighted by Crippen LogP contribution is -2.60. The normalized spacial score (nSPS) is 19.4. The number of halogens is 1. The minimum atomic E-state index is -0.117. The van der Waals surface area contributed by atoms with E-state index in [1.807, 2.05) is 37.3 Å². The van der Waals surface area contributed by atoms with Gasteiger partial charge >= 0.3 is 0 Å². The van der Waals surface area contributed by atoms with Gasteiger partial charge in [-0.1, -0.05) is 37.5 Å². The minimum Gasteiger partial charge on any atom is -0.379 e. The third-order valence-corrected chi connectivity index (χ3v) is 5.83. The van der Waals surface area contributed by atoms with E-state index in [4.69, 9.17) is 4.74 Å². The number of hydrogen-bond donors (Lipinski definition) is 3. The van der Waals surface area contributed by atoms with Crippen LogP contribution in [0.25, 0.3) is 0 Å². The quantitative estimate of drug-likeness (QED) is 0.288. The molecule has 1 aliphatic heterocycles. The predicted molar refractivity (Wildman–Crippen MR) is 133 cm³/mol. The zero-order chi connectivity index (χ0) is 20.4. The van der Waals surface area contributed by atoms with Crippen molar-refractivity contribution in [2.24, 2.45) is 4.99 Å². The van der Waals surface area contributed by atoms with Crippen LogP contribution >= 0.6 is 24.0 Å². The van der Waals surface area contributed by atoms with Crippen LogP contribution in [0.15, 0.2) is 35.3 Å². The van der Waals surface area contributed by atoms with E-state index in [2.05, 4.69) is 25.8 Å². The second-order valence-electron chi connectivity index (χ2n) is 7.85. The lowest BCUT2D eigenvalue weighted by atomic mass is 9.80. The zero-order valence-electron chi connectivity index (χ0n) is 18.0. The molecule has 1 aromatic carbocycles. The molecule has 30 heavy (non-hydrogen) atoms. The summed E-state index contributed by atoms with van der Waals surface area (Å²) >= 11 is 0. The molecule has 0 aromatic heterocycles. The van der Waals surface area contributed by atoms with E-state index in [9.17, 15) is 4.79 Å². The van der Waals surface area contributed by atoms with Gasteiger partial charge in [-0.3, -0.25) is 9.69 Å². The number of para-hydroxylation sites is 1. The third kappa shape index (κ3) is 7.39. The molecule has 2 aliphatic rings. The van der Waals surface area contributed by atoms with Gasteiger partial charge in [0.25, 0.3) is 0 Å². The molecule has 1 saturated heterocycles. The van der Waals surface area contributed by atoms with Gasteiger partial charge in [0.15, 0.2) is 5.96 Å². The summed E-state index contributed by atoms with van der Waals surface area (Å²) in [7, 11) is 0. The number of carbonyl (C=O) groups excluding carboxylic acids is 1. The maximum Gasteiger partial charge on any atom is 0.246 e. The summed E-state index contributed by atoms with van der Waals surface area (Å²) in [6.45, 7) is 7.36. The van der Waals surface area contributed by atoms with Gasteiger partial charge in [0, 0.05) is 37.4 Å². The lowest BCUT2D eigenvalue weighted by molar-refractivity contribution is -0.114. The third-order valence-electron chi connectivity index (χ3n) is 5.83. The molecule has 0 spiro atoms. The molecule has 0 radical (unpaired) electrons. The molecule has 168 valence electrons. The molecule has 1 aromatic rings. The van der Waals surface area contributed by atoms with Crippen molar-refractivity contribution < 1.29 is 9.53 Å². The SMILES string of the molecule is CCNC(=NCC(=O)Nc1ccccc1)NCC1(N2CCOCC2)CCCCC1.I. The van der Waals surface area contributed by atoms with Crippen LogP contribution in [0.2, 0.25) is 0 Å². The van der Waals surface area contributed by atoms with Crippen molar-refractivity contribution in [3.8, 4) is 0 Å². The molecule has 1 aliphatic carbocycles. The number of amides is 1. The molecule has 2 fully saturated rings. The lowest BCUT2D eigenvalue weighted by Gasteiger charge is -2.48. The number of carbonyl (C=O) groups is 1. The molecule has 0 atom stereocenters. The monoisotopic (exact) mass is 529 g/mol. The van der Waals surface area contributed by atoms with Gasteiger partial charge < -0.3 is 20.7 Å². The van der Waals surface area contributed by atoms with Crippen molar-refractivity contribution in [2.75, 3.05) is 51.3 Å². The second kappa shape index (κ2) is 13.1. The van der Waals surface area contributed by atoms with Gasteiger partial charge in [0.2, 0.25) is 5.91 Å². The standard InChI is InChI=1S/C22H35N5O2.HI/c1-2-23-21(24-17-20(28)26-19-9-5-3-6-10-19)25-18-22(11-7-4-8-12-22)27-13-15-29-16-14-27;/h3,5-6,9-10H,2,4,7-8,11-18H2,1H3,(H,26,28)(H2,23,24,25);1H. The Morgan fingerprint density at radius 3 is 2.47 bits per heavy atom. The van der Waals surface area contributed by atoms with Crippen LogP contribution in [-0.2, 0) is 9.53 Å². The molecular weight excluding hydrogens is 493 g/mol. The smallest absolute Gasteiger partial charge is 0.246 e. The number of hydrogen-bond acceptors (Lipinski definition) is 4. The Bertz CT molecular complexity index is 659. The topological polar surface area (TPSA) is 78.0 Å². The molecule has 0 bridgehead atoms. The molecule has 1 heterocycles. The largest absolute Gasteiger partial charge is 0.379 e. The Morgan fingerprint density at radius 1 is 1.10 bits per heavy atom. The van der Waals surface area contributed by atoms with Gasteiger partial charge in [-0.05, 0) is 31.9 Å². The van der Waals surface area contributed by atoms with Gasteiger partial charge in [-0.15, -0.1) is 24.0 Å². The van der Waals surface area contributed by atoms with Crippen molar-refractivity contribution >= 4 is 41.5 Å². The van der Waals surface area contributed by atoms with E-state index in [1.165, 1.54) is 32.1 Å². The Labute approximate surface area is 197 Å². The molecule has 1 saturated carbocycles. The fourth-order valence-electron chi connectivity index (χ4n) is 4.32. The Morgan fingerprint density at radius 2 is 1.80 bits per heavy atom. The molecule has 1 amide bonds. The van der Waals surface area contributed by atoms with E-state index >= 15 is 0 Å². The van der Waals surface area contributed by atoms with Gasteiger partial charge in [-0.2, -0.15) is 0 Å². The van der Waals surface area contributed by atoms with E-state index in [0.717, 1.165) is 45.1 Å². The van der Waals surface area contributed by atoms with Crippen molar-refractivity contribution in [1.29, 1.82) is 0 Å². The van der Waals surface area contributed by atoms with E-state index in [0.29, 0.717) is 5.96 Å². The van der Waals surface area contributed by atoms with Crippen LogP contribution < -0.4 is 16.0 Å². The molecular formula is C22H36IN5O2. The average molecular weight is 529 g/mol. The molecule has 3 N–H and O–H groups in total. The number of nitrogens with zero attached hydrogens (tertiary/aromatic N) is 2. The molecule has 3 rings (SSSR count).